The van der Waals surface area contributed by atoms with Gasteiger partial charge >= 0.3 is 0 Å². The highest BCUT2D eigenvalue weighted by Gasteiger charge is 2.32. The molecule has 2 aromatic carbocycles. The highest BCUT2D eigenvalue weighted by molar-refractivity contribution is 5.93. The molecule has 1 aliphatic rings. The number of likely N-dealkylation sites (tertiary alicyclic amines) is 1. The van der Waals surface area contributed by atoms with E-state index in [0.29, 0.717) is 11.5 Å². The molecule has 1 aromatic heterocycles. The molecule has 1 fully saturated rings. The summed E-state index contributed by atoms with van der Waals surface area (Å²) in [6.45, 7) is 4.97. The third-order valence-electron chi connectivity index (χ3n) is 5.22. The largest absolute Gasteiger partial charge is 0.350 e. The molecule has 1 atom stereocenters. The lowest BCUT2D eigenvalue weighted by molar-refractivity contribution is 0.0693. The Kier molecular flexibility index (Phi) is 4.33. The maximum Gasteiger partial charge on any atom is 0.292 e. The summed E-state index contributed by atoms with van der Waals surface area (Å²) in [6, 6.07) is 18.1. The molecule has 0 N–H and O–H groups in total. The summed E-state index contributed by atoms with van der Waals surface area (Å²) in [5, 5.41) is 4.08. The molecule has 4 rings (SSSR count). The second-order valence-corrected chi connectivity index (χ2v) is 6.94. The molecular formula is C22H22N2O2. The van der Waals surface area contributed by atoms with Crippen LogP contribution in [-0.2, 0) is 0 Å². The van der Waals surface area contributed by atoms with Gasteiger partial charge in [0.1, 0.15) is 5.69 Å². The summed E-state index contributed by atoms with van der Waals surface area (Å²) in [5.74, 6) is 0.222. The first kappa shape index (κ1) is 16.6. The highest BCUT2D eigenvalue weighted by atomic mass is 16.5. The summed E-state index contributed by atoms with van der Waals surface area (Å²) in [4.78, 5) is 14.9. The van der Waals surface area contributed by atoms with Crippen molar-refractivity contribution in [3.8, 4) is 11.3 Å². The summed E-state index contributed by atoms with van der Waals surface area (Å²) in [5.41, 5.74) is 5.36. The molecule has 1 saturated heterocycles. The topological polar surface area (TPSA) is 46.3 Å². The summed E-state index contributed by atoms with van der Waals surface area (Å²) >= 11 is 0. The number of aromatic nitrogens is 1. The van der Waals surface area contributed by atoms with E-state index in [1.807, 2.05) is 35.2 Å². The molecule has 132 valence electrons. The van der Waals surface area contributed by atoms with E-state index in [4.69, 9.17) is 4.52 Å². The fourth-order valence-electron chi connectivity index (χ4n) is 3.59. The Labute approximate surface area is 153 Å². The Hall–Kier alpha value is -2.88. The lowest BCUT2D eigenvalue weighted by atomic mass is 9.99. The Balaban J connectivity index is 1.59. The second-order valence-electron chi connectivity index (χ2n) is 6.94. The van der Waals surface area contributed by atoms with Crippen LogP contribution in [0, 0.1) is 13.8 Å². The fraction of sp³-hybridized carbons (Fsp3) is 0.273. The molecule has 1 unspecified atom stereocenters. The number of aryl methyl sites for hydroxylation is 2. The number of benzene rings is 2. The van der Waals surface area contributed by atoms with Gasteiger partial charge in [0.05, 0.1) is 6.04 Å². The van der Waals surface area contributed by atoms with Crippen molar-refractivity contribution in [1.82, 2.24) is 10.1 Å². The molecule has 4 nitrogen and oxygen atoms in total. The van der Waals surface area contributed by atoms with Crippen molar-refractivity contribution in [3.05, 3.63) is 77.0 Å². The molecule has 0 radical (unpaired) electrons. The van der Waals surface area contributed by atoms with Gasteiger partial charge in [0.2, 0.25) is 5.76 Å². The van der Waals surface area contributed by atoms with Crippen molar-refractivity contribution >= 4 is 5.91 Å². The molecule has 0 bridgehead atoms. The average molecular weight is 346 g/mol. The summed E-state index contributed by atoms with van der Waals surface area (Å²) in [6.07, 6.45) is 1.98. The van der Waals surface area contributed by atoms with Crippen LogP contribution in [0.5, 0.6) is 0 Å². The standard InChI is InChI=1S/C22H22N2O2/c1-15-10-11-18(13-16(15)2)20-9-6-12-24(20)22(25)21-14-19(23-26-21)17-7-4-3-5-8-17/h3-5,7-8,10-11,13-14,20H,6,9,12H2,1-2H3. The van der Waals surface area contributed by atoms with Crippen molar-refractivity contribution < 1.29 is 9.32 Å². The van der Waals surface area contributed by atoms with Crippen molar-refractivity contribution in [1.29, 1.82) is 0 Å². The first-order chi connectivity index (χ1) is 12.6. The van der Waals surface area contributed by atoms with Crippen molar-refractivity contribution in [2.24, 2.45) is 0 Å². The SMILES string of the molecule is Cc1ccc(C2CCCN2C(=O)c2cc(-c3ccccc3)no2)cc1C. The van der Waals surface area contributed by atoms with Gasteiger partial charge in [-0.25, -0.2) is 0 Å². The summed E-state index contributed by atoms with van der Waals surface area (Å²) in [7, 11) is 0. The number of carbonyl (C=O) groups is 1. The number of hydrogen-bond acceptors (Lipinski definition) is 3. The van der Waals surface area contributed by atoms with Gasteiger partial charge in [-0.05, 0) is 43.4 Å². The van der Waals surface area contributed by atoms with E-state index in [1.54, 1.807) is 6.07 Å². The average Bonchev–Trinajstić information content (AvgIpc) is 3.34. The third kappa shape index (κ3) is 3.03. The van der Waals surface area contributed by atoms with Gasteiger partial charge in [0, 0.05) is 18.2 Å². The first-order valence-corrected chi connectivity index (χ1v) is 9.04. The van der Waals surface area contributed by atoms with Gasteiger partial charge in [-0.15, -0.1) is 0 Å². The third-order valence-corrected chi connectivity index (χ3v) is 5.22. The molecule has 0 spiro atoms. The van der Waals surface area contributed by atoms with Crippen LogP contribution in [0.4, 0.5) is 0 Å². The van der Waals surface area contributed by atoms with Gasteiger partial charge in [0.15, 0.2) is 0 Å². The van der Waals surface area contributed by atoms with Crippen LogP contribution in [0.3, 0.4) is 0 Å². The van der Waals surface area contributed by atoms with Crippen LogP contribution in [0.25, 0.3) is 11.3 Å². The summed E-state index contributed by atoms with van der Waals surface area (Å²) < 4.78 is 5.38. The van der Waals surface area contributed by atoms with E-state index in [-0.39, 0.29) is 11.9 Å². The monoisotopic (exact) mass is 346 g/mol. The maximum atomic E-state index is 13.0. The predicted molar refractivity (Wildman–Crippen MR) is 101 cm³/mol. The van der Waals surface area contributed by atoms with Gasteiger partial charge in [-0.1, -0.05) is 53.7 Å². The number of amides is 1. The van der Waals surface area contributed by atoms with Crippen molar-refractivity contribution in [2.45, 2.75) is 32.7 Å². The smallest absolute Gasteiger partial charge is 0.292 e. The zero-order chi connectivity index (χ0) is 18.1. The van der Waals surface area contributed by atoms with Crippen molar-refractivity contribution in [3.63, 3.8) is 0 Å². The second kappa shape index (κ2) is 6.79. The van der Waals surface area contributed by atoms with Crippen LogP contribution in [0.2, 0.25) is 0 Å². The van der Waals surface area contributed by atoms with Gasteiger partial charge < -0.3 is 9.42 Å². The zero-order valence-corrected chi connectivity index (χ0v) is 15.1. The Bertz CT molecular complexity index is 930. The first-order valence-electron chi connectivity index (χ1n) is 9.04. The number of nitrogens with zero attached hydrogens (tertiary/aromatic N) is 2. The molecular weight excluding hydrogens is 324 g/mol. The van der Waals surface area contributed by atoms with Gasteiger partial charge in [-0.3, -0.25) is 4.79 Å². The molecule has 1 amide bonds. The Morgan fingerprint density at radius 2 is 1.88 bits per heavy atom. The predicted octanol–water partition coefficient (Wildman–Crippen LogP) is 4.94. The normalized spacial score (nSPS) is 16.8. The molecule has 0 saturated carbocycles. The minimum atomic E-state index is -0.0830. The maximum absolute atomic E-state index is 13.0. The van der Waals surface area contributed by atoms with Gasteiger partial charge in [0.25, 0.3) is 5.91 Å². The van der Waals surface area contributed by atoms with Crippen LogP contribution >= 0.6 is 0 Å². The minimum absolute atomic E-state index is 0.0830. The van der Waals surface area contributed by atoms with E-state index in [9.17, 15) is 4.79 Å². The quantitative estimate of drug-likeness (QED) is 0.675. The lowest BCUT2D eigenvalue weighted by Gasteiger charge is -2.24. The number of carbonyl (C=O) groups excluding carboxylic acids is 1. The molecule has 2 heterocycles. The Morgan fingerprint density at radius 3 is 2.65 bits per heavy atom. The van der Waals surface area contributed by atoms with Gasteiger partial charge in [-0.2, -0.15) is 0 Å². The van der Waals surface area contributed by atoms with Crippen LogP contribution in [0.15, 0.2) is 59.1 Å². The minimum Gasteiger partial charge on any atom is -0.350 e. The fourth-order valence-corrected chi connectivity index (χ4v) is 3.59. The van der Waals surface area contributed by atoms with Crippen LogP contribution < -0.4 is 0 Å². The molecule has 1 aliphatic heterocycles. The lowest BCUT2D eigenvalue weighted by Crippen LogP contribution is -2.30. The van der Waals surface area contributed by atoms with E-state index < -0.39 is 0 Å². The van der Waals surface area contributed by atoms with Crippen molar-refractivity contribution in [2.75, 3.05) is 6.54 Å². The Morgan fingerprint density at radius 1 is 1.08 bits per heavy atom. The zero-order valence-electron chi connectivity index (χ0n) is 15.1. The van der Waals surface area contributed by atoms with Crippen LogP contribution in [-0.4, -0.2) is 22.5 Å². The highest BCUT2D eigenvalue weighted by Crippen LogP contribution is 2.34. The van der Waals surface area contributed by atoms with Crippen LogP contribution in [0.1, 0.15) is 46.1 Å². The molecule has 0 aliphatic carbocycles. The van der Waals surface area contributed by atoms with E-state index in [2.05, 4.69) is 37.2 Å². The molecule has 4 heteroatoms. The van der Waals surface area contributed by atoms with E-state index in [0.717, 1.165) is 24.9 Å². The van der Waals surface area contributed by atoms with E-state index >= 15 is 0 Å². The number of hydrogen-bond donors (Lipinski definition) is 0. The number of rotatable bonds is 3. The molecule has 26 heavy (non-hydrogen) atoms. The van der Waals surface area contributed by atoms with E-state index in [1.165, 1.54) is 16.7 Å². The molecule has 3 aromatic rings.